The van der Waals surface area contributed by atoms with Crippen LogP contribution in [0, 0.1) is 5.82 Å². The van der Waals surface area contributed by atoms with Gasteiger partial charge in [0.2, 0.25) is 5.91 Å². The number of ketones is 1. The maximum Gasteiger partial charge on any atom is 0.306 e. The minimum absolute atomic E-state index is 0.0989. The number of halogens is 1. The number of amides is 2. The van der Waals surface area contributed by atoms with Gasteiger partial charge in [-0.15, -0.1) is 0 Å². The van der Waals surface area contributed by atoms with Crippen LogP contribution in [0.2, 0.25) is 0 Å². The Bertz CT molecular complexity index is 738. The molecule has 1 aliphatic heterocycles. The molecule has 1 saturated heterocycles. The van der Waals surface area contributed by atoms with Crippen molar-refractivity contribution in [3.63, 3.8) is 0 Å². The average Bonchev–Trinajstić information content (AvgIpc) is 2.97. The van der Waals surface area contributed by atoms with E-state index >= 15 is 0 Å². The summed E-state index contributed by atoms with van der Waals surface area (Å²) >= 11 is 6.29. The first kappa shape index (κ1) is 21.0. The molecule has 0 saturated carbocycles. The van der Waals surface area contributed by atoms with Crippen LogP contribution in [0.25, 0.3) is 0 Å². The molecule has 0 aliphatic carbocycles. The molecule has 1 heterocycles. The van der Waals surface area contributed by atoms with Gasteiger partial charge in [-0.3, -0.25) is 24.1 Å². The fourth-order valence-corrected chi connectivity index (χ4v) is 3.29. The van der Waals surface area contributed by atoms with Crippen molar-refractivity contribution in [3.05, 3.63) is 35.6 Å². The molecular formula is C17H17FN2O5S2. The maximum atomic E-state index is 12.8. The van der Waals surface area contributed by atoms with Crippen LogP contribution in [0.3, 0.4) is 0 Å². The van der Waals surface area contributed by atoms with Crippen molar-refractivity contribution >= 4 is 51.9 Å². The lowest BCUT2D eigenvalue weighted by Crippen LogP contribution is -2.38. The number of hydrogen-bond acceptors (Lipinski definition) is 7. The van der Waals surface area contributed by atoms with Gasteiger partial charge in [-0.25, -0.2) is 4.39 Å². The lowest BCUT2D eigenvalue weighted by Gasteiger charge is -2.15. The Hall–Kier alpha value is -2.33. The summed E-state index contributed by atoms with van der Waals surface area (Å²) in [4.78, 5) is 48.0. The lowest BCUT2D eigenvalue weighted by molar-refractivity contribution is -0.148. The third-order valence-electron chi connectivity index (χ3n) is 3.58. The number of carbonyl (C=O) groups excluding carboxylic acids is 4. The van der Waals surface area contributed by atoms with Crippen LogP contribution in [0.1, 0.15) is 23.2 Å². The number of nitrogens with one attached hydrogen (secondary N) is 1. The normalized spacial score (nSPS) is 13.6. The zero-order valence-electron chi connectivity index (χ0n) is 14.2. The molecule has 1 aromatic rings. The van der Waals surface area contributed by atoms with Crippen LogP contribution in [0.4, 0.5) is 4.39 Å². The number of thioether (sulfide) groups is 1. The van der Waals surface area contributed by atoms with Crippen molar-refractivity contribution in [2.75, 3.05) is 25.4 Å². The second-order valence-corrected chi connectivity index (χ2v) is 7.15. The average molecular weight is 412 g/mol. The highest BCUT2D eigenvalue weighted by Crippen LogP contribution is 2.18. The topological polar surface area (TPSA) is 92.8 Å². The molecule has 7 nitrogen and oxygen atoms in total. The molecule has 10 heteroatoms. The van der Waals surface area contributed by atoms with Gasteiger partial charge in [-0.05, 0) is 24.3 Å². The summed E-state index contributed by atoms with van der Waals surface area (Å²) in [6.07, 6.45) is -0.282. The second-order valence-electron chi connectivity index (χ2n) is 5.54. The van der Waals surface area contributed by atoms with Gasteiger partial charge < -0.3 is 10.1 Å². The molecule has 0 unspecified atom stereocenters. The molecule has 0 spiro atoms. The molecular weight excluding hydrogens is 395 g/mol. The van der Waals surface area contributed by atoms with E-state index < -0.39 is 24.3 Å². The second kappa shape index (κ2) is 10.1. The van der Waals surface area contributed by atoms with Crippen molar-refractivity contribution in [1.29, 1.82) is 0 Å². The highest BCUT2D eigenvalue weighted by molar-refractivity contribution is 8.23. The molecule has 1 aliphatic rings. The number of benzene rings is 1. The number of thiocarbonyl (C=S) groups is 1. The van der Waals surface area contributed by atoms with E-state index in [1.54, 1.807) is 0 Å². The quantitative estimate of drug-likeness (QED) is 0.371. The zero-order chi connectivity index (χ0) is 19.8. The number of rotatable bonds is 9. The first-order chi connectivity index (χ1) is 12.9. The van der Waals surface area contributed by atoms with Gasteiger partial charge in [0, 0.05) is 25.1 Å². The lowest BCUT2D eigenvalue weighted by atomic mass is 10.1. The maximum absolute atomic E-state index is 12.8. The van der Waals surface area contributed by atoms with Crippen LogP contribution in [-0.4, -0.2) is 58.2 Å². The number of ether oxygens (including phenoxy) is 1. The van der Waals surface area contributed by atoms with E-state index in [1.807, 2.05) is 0 Å². The SMILES string of the molecule is O=C(COC(=O)CCC(=O)c1ccc(F)cc1)NCCN1C(=O)CSC1=S. The van der Waals surface area contributed by atoms with Crippen LogP contribution < -0.4 is 5.32 Å². The molecule has 2 amide bonds. The van der Waals surface area contributed by atoms with Gasteiger partial charge in [-0.2, -0.15) is 0 Å². The summed E-state index contributed by atoms with van der Waals surface area (Å²) in [7, 11) is 0. The molecule has 144 valence electrons. The van der Waals surface area contributed by atoms with Gasteiger partial charge in [0.05, 0.1) is 12.2 Å². The molecule has 27 heavy (non-hydrogen) atoms. The molecule has 0 aromatic heterocycles. The smallest absolute Gasteiger partial charge is 0.306 e. The van der Waals surface area contributed by atoms with Gasteiger partial charge in [-0.1, -0.05) is 24.0 Å². The number of hydrogen-bond donors (Lipinski definition) is 1. The number of Topliss-reactive ketones (excluding diaryl/α,β-unsaturated/α-hetero) is 1. The Labute approximate surface area is 164 Å². The largest absolute Gasteiger partial charge is 0.456 e. The minimum atomic E-state index is -0.687. The zero-order valence-corrected chi connectivity index (χ0v) is 15.9. The highest BCUT2D eigenvalue weighted by Gasteiger charge is 2.25. The molecule has 0 bridgehead atoms. The summed E-state index contributed by atoms with van der Waals surface area (Å²) < 4.78 is 18.1. The van der Waals surface area contributed by atoms with Gasteiger partial charge in [0.1, 0.15) is 10.1 Å². The first-order valence-electron chi connectivity index (χ1n) is 8.05. The summed E-state index contributed by atoms with van der Waals surface area (Å²) in [5, 5.41) is 2.52. The number of nitrogens with zero attached hydrogens (tertiary/aromatic N) is 1. The molecule has 1 N–H and O–H groups in total. The van der Waals surface area contributed by atoms with Crippen molar-refractivity contribution in [3.8, 4) is 0 Å². The van der Waals surface area contributed by atoms with Crippen molar-refractivity contribution < 1.29 is 28.3 Å². The summed E-state index contributed by atoms with van der Waals surface area (Å²) in [5.41, 5.74) is 0.300. The molecule has 0 atom stereocenters. The van der Waals surface area contributed by atoms with Crippen molar-refractivity contribution in [2.24, 2.45) is 0 Å². The Morgan fingerprint density at radius 1 is 1.22 bits per heavy atom. The minimum Gasteiger partial charge on any atom is -0.456 e. The first-order valence-corrected chi connectivity index (χ1v) is 9.44. The van der Waals surface area contributed by atoms with Crippen molar-refractivity contribution in [2.45, 2.75) is 12.8 Å². The molecule has 0 radical (unpaired) electrons. The van der Waals surface area contributed by atoms with E-state index in [0.717, 1.165) is 12.1 Å². The standard InChI is InChI=1S/C17H17FN2O5S2/c18-12-3-1-11(2-4-12)13(21)5-6-16(24)25-9-14(22)19-7-8-20-15(23)10-27-17(20)26/h1-4H,5-10H2,(H,19,22). The van der Waals surface area contributed by atoms with E-state index in [0.29, 0.717) is 15.6 Å². The molecule has 1 aromatic carbocycles. The fourth-order valence-electron chi connectivity index (χ4n) is 2.17. The third kappa shape index (κ3) is 6.72. The number of carbonyl (C=O) groups is 4. The Kier molecular flexibility index (Phi) is 7.86. The van der Waals surface area contributed by atoms with Crippen LogP contribution in [0.5, 0.6) is 0 Å². The van der Waals surface area contributed by atoms with Crippen LogP contribution >= 0.6 is 24.0 Å². The Morgan fingerprint density at radius 2 is 1.93 bits per heavy atom. The van der Waals surface area contributed by atoms with Gasteiger partial charge >= 0.3 is 5.97 Å². The molecule has 2 rings (SSSR count). The highest BCUT2D eigenvalue weighted by atomic mass is 32.2. The van der Waals surface area contributed by atoms with E-state index in [2.05, 4.69) is 5.32 Å². The number of esters is 1. The predicted molar refractivity (Wildman–Crippen MR) is 101 cm³/mol. The monoisotopic (exact) mass is 412 g/mol. The third-order valence-corrected chi connectivity index (χ3v) is 5.02. The fraction of sp³-hybridized carbons (Fsp3) is 0.353. The van der Waals surface area contributed by atoms with Crippen molar-refractivity contribution in [1.82, 2.24) is 10.2 Å². The van der Waals surface area contributed by atoms with E-state index in [4.69, 9.17) is 17.0 Å². The van der Waals surface area contributed by atoms with E-state index in [-0.39, 0.29) is 37.6 Å². The van der Waals surface area contributed by atoms with Gasteiger partial charge in [0.25, 0.3) is 5.91 Å². The van der Waals surface area contributed by atoms with Crippen LogP contribution in [0.15, 0.2) is 24.3 Å². The molecule has 1 fully saturated rings. The van der Waals surface area contributed by atoms with E-state index in [1.165, 1.54) is 28.8 Å². The summed E-state index contributed by atoms with van der Waals surface area (Å²) in [6.45, 7) is -0.0287. The van der Waals surface area contributed by atoms with Gasteiger partial charge in [0.15, 0.2) is 12.4 Å². The Morgan fingerprint density at radius 3 is 2.56 bits per heavy atom. The van der Waals surface area contributed by atoms with E-state index in [9.17, 15) is 23.6 Å². The summed E-state index contributed by atoms with van der Waals surface area (Å²) in [5.74, 6) is -1.77. The predicted octanol–water partition coefficient (Wildman–Crippen LogP) is 1.31. The summed E-state index contributed by atoms with van der Waals surface area (Å²) in [6, 6.07) is 5.01. The Balaban J connectivity index is 1.61. The van der Waals surface area contributed by atoms with Crippen LogP contribution in [-0.2, 0) is 19.1 Å².